The third-order valence-electron chi connectivity index (χ3n) is 6.31. The van der Waals surface area contributed by atoms with E-state index < -0.39 is 137 Å². The van der Waals surface area contributed by atoms with Crippen molar-refractivity contribution < 1.29 is 55.5 Å². The number of aromatic nitrogens is 1. The van der Waals surface area contributed by atoms with Crippen LogP contribution in [0.4, 0.5) is 13.2 Å². The van der Waals surface area contributed by atoms with Crippen LogP contribution < -0.4 is 9.47 Å². The first-order valence-electron chi connectivity index (χ1n) is 17.7. The Bertz CT molecular complexity index is 1980. The quantitative estimate of drug-likeness (QED) is 0.408. The average molecular weight is 531 g/mol. The number of hydrogen-bond donors (Lipinski definition) is 2. The minimum atomic E-state index is -4.43. The zero-order valence-electron chi connectivity index (χ0n) is 32.8. The highest BCUT2D eigenvalue weighted by molar-refractivity contribution is 5.95. The molecular weight excluding hydrogens is 487 g/mol. The van der Waals surface area contributed by atoms with Crippen LogP contribution in [0.3, 0.4) is 0 Å². The first kappa shape index (κ1) is 14.2. The maximum absolute atomic E-state index is 16.3. The molecule has 2 aliphatic rings. The largest absolute Gasteiger partial charge is 0.586 e. The van der Waals surface area contributed by atoms with Gasteiger partial charge in [0.05, 0.1) is 42.5 Å². The Kier molecular flexibility index (Phi) is 3.37. The molecule has 6 nitrogen and oxygen atoms in total. The first-order chi connectivity index (χ1) is 22.6. The van der Waals surface area contributed by atoms with Gasteiger partial charge in [-0.05, 0) is 60.5 Å². The number of ketones is 1. The lowest BCUT2D eigenvalue weighted by molar-refractivity contribution is -0.286. The fourth-order valence-electron chi connectivity index (χ4n) is 3.82. The number of carbonyl (C=O) groups excluding carboxylic acids is 1. The highest BCUT2D eigenvalue weighted by Gasteiger charge is 2.52. The van der Waals surface area contributed by atoms with Crippen LogP contribution in [0.25, 0.3) is 10.9 Å². The van der Waals surface area contributed by atoms with Crippen molar-refractivity contribution in [2.24, 2.45) is 0 Å². The molecule has 2 heterocycles. The summed E-state index contributed by atoms with van der Waals surface area (Å²) in [6.45, 7) is -0.199. The van der Waals surface area contributed by atoms with Crippen molar-refractivity contribution in [1.82, 2.24) is 4.57 Å². The van der Waals surface area contributed by atoms with Crippen LogP contribution in [-0.4, -0.2) is 39.5 Å². The molecular formula is C28H30F3NO5. The Labute approximate surface area is 230 Å². The van der Waals surface area contributed by atoms with Crippen LogP contribution in [0, 0.1) is 5.82 Å². The van der Waals surface area contributed by atoms with E-state index in [-0.39, 0.29) is 12.1 Å². The number of halogens is 3. The predicted molar refractivity (Wildman–Crippen MR) is 131 cm³/mol. The summed E-state index contributed by atoms with van der Waals surface area (Å²) in [5.74, 6) is -5.62. The van der Waals surface area contributed by atoms with E-state index >= 15 is 4.39 Å². The zero-order chi connectivity index (χ0) is 38.3. The minimum absolute atomic E-state index is 0.159. The fraction of sp³-hybridized carbons (Fsp3) is 0.464. The summed E-state index contributed by atoms with van der Waals surface area (Å²) < 4.78 is 164. The van der Waals surface area contributed by atoms with Crippen LogP contribution in [-0.2, 0) is 28.5 Å². The molecule has 0 amide bonds. The maximum atomic E-state index is 16.3. The lowest BCUT2D eigenvalue weighted by Crippen LogP contribution is -2.26. The highest BCUT2D eigenvalue weighted by Crippen LogP contribution is 2.52. The topological polar surface area (TPSA) is 80.9 Å². The van der Waals surface area contributed by atoms with Gasteiger partial charge in [0.2, 0.25) is 0 Å². The fourth-order valence-corrected chi connectivity index (χ4v) is 3.82. The summed E-state index contributed by atoms with van der Waals surface area (Å²) >= 11 is 0. The average Bonchev–Trinajstić information content (AvgIpc) is 3.32. The van der Waals surface area contributed by atoms with Crippen molar-refractivity contribution >= 4 is 16.7 Å². The standard InChI is InChI=1S/C28H30F3NO5/c1-4-26(2,3)24-10-17-9-16(20(29)13-21(17)32(24)14-19(34)15-33)11-25(35)27(7-8-27)18-5-6-22-23(12-18)37-28(30,31)36-22/h5-6,9-10,12-13,19,33-34H,4,7-8,11,14-15H2,1-3H3/t19-/m0/s1/i5D,6D,7D2,8D2,9D,10D,12D,13D,14D2,19D. The predicted octanol–water partition coefficient (Wildman–Crippen LogP) is 4.99. The summed E-state index contributed by atoms with van der Waals surface area (Å²) in [6, 6.07) is -6.68. The monoisotopic (exact) mass is 530 g/mol. The molecule has 9 heteroatoms. The summed E-state index contributed by atoms with van der Waals surface area (Å²) in [7, 11) is 0. The maximum Gasteiger partial charge on any atom is 0.586 e. The van der Waals surface area contributed by atoms with Gasteiger partial charge in [-0.2, -0.15) is 0 Å². The van der Waals surface area contributed by atoms with Gasteiger partial charge in [-0.3, -0.25) is 4.79 Å². The first-order valence-corrected chi connectivity index (χ1v) is 11.2. The van der Waals surface area contributed by atoms with Gasteiger partial charge in [-0.15, -0.1) is 8.78 Å². The van der Waals surface area contributed by atoms with E-state index in [1.807, 2.05) is 0 Å². The lowest BCUT2D eigenvalue weighted by Gasteiger charge is -2.26. The number of benzene rings is 2. The molecule has 1 fully saturated rings. The molecule has 0 radical (unpaired) electrons. The Morgan fingerprint density at radius 2 is 1.97 bits per heavy atom. The second-order valence-corrected chi connectivity index (χ2v) is 9.20. The number of ether oxygens (including phenoxy) is 2. The molecule has 1 aliphatic carbocycles. The Morgan fingerprint density at radius 3 is 2.62 bits per heavy atom. The number of carbonyl (C=O) groups is 1. The molecule has 198 valence electrons. The van der Waals surface area contributed by atoms with E-state index in [0.717, 1.165) is 0 Å². The lowest BCUT2D eigenvalue weighted by atomic mass is 9.86. The number of hydrogen-bond acceptors (Lipinski definition) is 5. The molecule has 0 spiro atoms. The van der Waals surface area contributed by atoms with Crippen LogP contribution in [0.5, 0.6) is 11.5 Å². The van der Waals surface area contributed by atoms with Crippen molar-refractivity contribution in [3.8, 4) is 11.5 Å². The van der Waals surface area contributed by atoms with Gasteiger partial charge in [0.1, 0.15) is 11.6 Å². The van der Waals surface area contributed by atoms with E-state index in [1.165, 1.54) is 13.8 Å². The number of aliphatic hydroxyl groups is 2. The normalized spacial score (nSPS) is 27.3. The van der Waals surface area contributed by atoms with Crippen LogP contribution in [0.2, 0.25) is 0 Å². The summed E-state index contributed by atoms with van der Waals surface area (Å²) in [5.41, 5.74) is -7.80. The van der Waals surface area contributed by atoms with E-state index in [2.05, 4.69) is 9.47 Å². The molecule has 0 bridgehead atoms. The molecule has 1 saturated carbocycles. The van der Waals surface area contributed by atoms with E-state index in [0.29, 0.717) is 4.57 Å². The van der Waals surface area contributed by atoms with Crippen LogP contribution in [0.1, 0.15) is 74.6 Å². The van der Waals surface area contributed by atoms with Gasteiger partial charge in [-0.25, -0.2) is 4.39 Å². The number of fused-ring (bicyclic) bond motifs is 2. The Hall–Kier alpha value is -3.04. The minimum Gasteiger partial charge on any atom is -0.395 e. The van der Waals surface area contributed by atoms with Crippen molar-refractivity contribution in [3.63, 3.8) is 0 Å². The van der Waals surface area contributed by atoms with Gasteiger partial charge in [0.15, 0.2) is 11.5 Å². The number of aliphatic hydroxyl groups excluding tert-OH is 1. The number of Topliss-reactive ketones (excluding diaryl/α,β-unsaturated/α-hetero) is 1. The van der Waals surface area contributed by atoms with Crippen LogP contribution in [0.15, 0.2) is 36.3 Å². The molecule has 3 aromatic rings. The molecule has 2 N–H and O–H groups in total. The second kappa shape index (κ2) is 8.77. The SMILES string of the molecule is [2H]c1c([2H])c(C2(C(=O)Cc3c(F)c([2H])c4c(c3[2H])c([2H])c(C(C)(C)CC)n4C([2H])([2H])[C@]([2H])(O)CO)C([2H])([2H])C2([2H])[2H])c([2H])c2c1OC(F)(F)O2. The molecule has 37 heavy (non-hydrogen) atoms. The van der Waals surface area contributed by atoms with E-state index in [9.17, 15) is 23.8 Å². The number of nitrogens with zero attached hydrogens (tertiary/aromatic N) is 1. The molecule has 0 saturated heterocycles. The van der Waals surface area contributed by atoms with Crippen molar-refractivity contribution in [3.05, 3.63) is 58.9 Å². The van der Waals surface area contributed by atoms with Gasteiger partial charge in [0.25, 0.3) is 0 Å². The Morgan fingerprint density at radius 1 is 1.27 bits per heavy atom. The smallest absolute Gasteiger partial charge is 0.395 e. The van der Waals surface area contributed by atoms with Crippen LogP contribution >= 0.6 is 0 Å². The van der Waals surface area contributed by atoms with Gasteiger partial charge in [-0.1, -0.05) is 26.8 Å². The van der Waals surface area contributed by atoms with E-state index in [1.54, 1.807) is 6.92 Å². The Balaban J connectivity index is 1.80. The number of rotatable bonds is 9. The summed E-state index contributed by atoms with van der Waals surface area (Å²) in [5, 5.41) is 19.5. The third-order valence-corrected chi connectivity index (χ3v) is 6.31. The molecule has 2 aromatic carbocycles. The van der Waals surface area contributed by atoms with Crippen molar-refractivity contribution in [2.45, 2.75) is 76.1 Å². The van der Waals surface area contributed by atoms with Gasteiger partial charge >= 0.3 is 6.29 Å². The molecule has 1 aliphatic heterocycles. The van der Waals surface area contributed by atoms with E-state index in [4.69, 9.17) is 17.8 Å². The summed E-state index contributed by atoms with van der Waals surface area (Å²) in [6.07, 6.45) is -15.7. The van der Waals surface area contributed by atoms with Gasteiger partial charge < -0.3 is 24.3 Å². The number of alkyl halides is 2. The molecule has 5 rings (SSSR count). The zero-order valence-corrected chi connectivity index (χ0v) is 19.8. The summed E-state index contributed by atoms with van der Waals surface area (Å²) in [4.78, 5) is 14.2. The highest BCUT2D eigenvalue weighted by atomic mass is 19.3. The van der Waals surface area contributed by atoms with Crippen molar-refractivity contribution in [1.29, 1.82) is 0 Å². The van der Waals surface area contributed by atoms with Gasteiger partial charge in [0, 0.05) is 28.4 Å². The second-order valence-electron chi connectivity index (χ2n) is 9.20. The molecule has 1 atom stereocenters. The van der Waals surface area contributed by atoms with Crippen molar-refractivity contribution in [2.75, 3.05) is 6.61 Å². The third kappa shape index (κ3) is 4.48. The molecule has 1 aromatic heterocycles. The molecule has 0 unspecified atom stereocenters.